The Morgan fingerprint density at radius 1 is 1.32 bits per heavy atom. The first kappa shape index (κ1) is 18.1. The van der Waals surface area contributed by atoms with Crippen LogP contribution in [0.15, 0.2) is 41.5 Å². The van der Waals surface area contributed by atoms with Crippen LogP contribution in [0.3, 0.4) is 0 Å². The fourth-order valence-corrected chi connectivity index (χ4v) is 3.64. The van der Waals surface area contributed by atoms with Crippen molar-refractivity contribution in [1.82, 2.24) is 14.9 Å². The molecule has 1 amide bonds. The summed E-state index contributed by atoms with van der Waals surface area (Å²) in [5.41, 5.74) is 1.83. The Bertz CT molecular complexity index is 1130. The minimum Gasteiger partial charge on any atom is -0.374 e. The normalized spacial score (nSPS) is 16.1. The third kappa shape index (κ3) is 3.21. The predicted octanol–water partition coefficient (Wildman–Crippen LogP) is 2.76. The van der Waals surface area contributed by atoms with Crippen LogP contribution < -0.4 is 10.9 Å². The van der Waals surface area contributed by atoms with Gasteiger partial charge in [0.15, 0.2) is 0 Å². The van der Waals surface area contributed by atoms with E-state index in [2.05, 4.69) is 15.3 Å². The van der Waals surface area contributed by atoms with Crippen molar-refractivity contribution in [3.63, 3.8) is 0 Å². The topological polar surface area (TPSA) is 78.1 Å². The lowest BCUT2D eigenvalue weighted by Gasteiger charge is -2.35. The number of carbonyl (C=O) groups excluding carboxylic acids is 1. The molecular formula is C20H18F2N4O2. The maximum Gasteiger partial charge on any atom is 0.258 e. The van der Waals surface area contributed by atoms with Crippen molar-refractivity contribution in [3.8, 4) is 0 Å². The number of anilines is 1. The fourth-order valence-electron chi connectivity index (χ4n) is 3.64. The molecule has 0 spiro atoms. The van der Waals surface area contributed by atoms with Gasteiger partial charge < -0.3 is 15.2 Å². The number of aromatic nitrogens is 2. The highest BCUT2D eigenvalue weighted by atomic mass is 19.1. The molecule has 1 aromatic heterocycles. The van der Waals surface area contributed by atoms with Gasteiger partial charge in [-0.3, -0.25) is 9.59 Å². The molecule has 2 aromatic carbocycles. The first-order chi connectivity index (χ1) is 13.4. The minimum absolute atomic E-state index is 0.103. The molecule has 0 radical (unpaired) electrons. The number of nitrogens with zero attached hydrogens (tertiary/aromatic N) is 2. The summed E-state index contributed by atoms with van der Waals surface area (Å²) < 4.78 is 27.7. The van der Waals surface area contributed by atoms with E-state index in [4.69, 9.17) is 0 Å². The molecule has 8 heteroatoms. The van der Waals surface area contributed by atoms with E-state index < -0.39 is 11.4 Å². The van der Waals surface area contributed by atoms with Crippen LogP contribution in [-0.2, 0) is 11.2 Å². The zero-order valence-electron chi connectivity index (χ0n) is 15.1. The Morgan fingerprint density at radius 3 is 2.96 bits per heavy atom. The zero-order valence-corrected chi connectivity index (χ0v) is 15.1. The molecule has 1 atom stereocenters. The van der Waals surface area contributed by atoms with E-state index in [1.807, 2.05) is 6.92 Å². The van der Waals surface area contributed by atoms with E-state index in [1.165, 1.54) is 24.5 Å². The number of aromatic amines is 1. The molecular weight excluding hydrogens is 366 g/mol. The van der Waals surface area contributed by atoms with Gasteiger partial charge in [0.25, 0.3) is 5.56 Å². The molecule has 0 aliphatic carbocycles. The maximum atomic E-state index is 14.3. The first-order valence-electron chi connectivity index (χ1n) is 8.92. The van der Waals surface area contributed by atoms with Crippen molar-refractivity contribution in [1.29, 1.82) is 0 Å². The lowest BCUT2D eigenvalue weighted by Crippen LogP contribution is -2.41. The zero-order chi connectivity index (χ0) is 19.8. The minimum atomic E-state index is -0.633. The lowest BCUT2D eigenvalue weighted by molar-refractivity contribution is -0.131. The molecule has 1 aliphatic heterocycles. The van der Waals surface area contributed by atoms with E-state index in [9.17, 15) is 18.4 Å². The second-order valence-electron chi connectivity index (χ2n) is 6.79. The lowest BCUT2D eigenvalue weighted by atomic mass is 9.93. The van der Waals surface area contributed by atoms with Crippen molar-refractivity contribution < 1.29 is 13.6 Å². The smallest absolute Gasteiger partial charge is 0.258 e. The average Bonchev–Trinajstić information content (AvgIpc) is 2.67. The number of halogens is 2. The molecule has 3 aromatic rings. The van der Waals surface area contributed by atoms with Crippen LogP contribution in [0.1, 0.15) is 24.1 Å². The maximum absolute atomic E-state index is 14.3. The average molecular weight is 384 g/mol. The van der Waals surface area contributed by atoms with E-state index in [-0.39, 0.29) is 35.4 Å². The summed E-state index contributed by atoms with van der Waals surface area (Å²) in [6.07, 6.45) is 1.81. The molecule has 28 heavy (non-hydrogen) atoms. The van der Waals surface area contributed by atoms with Gasteiger partial charge in [0.05, 0.1) is 35.5 Å². The van der Waals surface area contributed by atoms with E-state index in [0.29, 0.717) is 18.5 Å². The Morgan fingerprint density at radius 2 is 2.14 bits per heavy atom. The van der Waals surface area contributed by atoms with Gasteiger partial charge in [0, 0.05) is 6.54 Å². The molecule has 0 unspecified atom stereocenters. The SMILES string of the molecule is C[C@H]1c2ccc(F)cc2CCN1C(=O)CNc1cc2nc[nH]c(=O)c2cc1F. The van der Waals surface area contributed by atoms with Gasteiger partial charge in [-0.1, -0.05) is 6.07 Å². The molecule has 4 rings (SSSR count). The molecule has 6 nitrogen and oxygen atoms in total. The number of H-pyrrole nitrogens is 1. The summed E-state index contributed by atoms with van der Waals surface area (Å²) in [5.74, 6) is -1.11. The molecule has 2 N–H and O–H groups in total. The Balaban J connectivity index is 1.50. The molecule has 0 bridgehead atoms. The van der Waals surface area contributed by atoms with Crippen LogP contribution in [0.4, 0.5) is 14.5 Å². The fraction of sp³-hybridized carbons (Fsp3) is 0.250. The van der Waals surface area contributed by atoms with Crippen molar-refractivity contribution in [2.24, 2.45) is 0 Å². The van der Waals surface area contributed by atoms with Gasteiger partial charge in [-0.05, 0) is 48.7 Å². The number of amides is 1. The molecule has 2 heterocycles. The monoisotopic (exact) mass is 384 g/mol. The number of rotatable bonds is 3. The summed E-state index contributed by atoms with van der Waals surface area (Å²) in [7, 11) is 0. The number of nitrogens with one attached hydrogen (secondary N) is 2. The summed E-state index contributed by atoms with van der Waals surface area (Å²) in [5, 5.41) is 2.94. The standard InChI is InChI=1S/C20H18F2N4O2/c1-11-14-3-2-13(21)6-12(14)4-5-26(11)19(27)9-23-18-8-17-15(7-16(18)22)20(28)25-10-24-17/h2-3,6-8,10-11,23H,4-5,9H2,1H3,(H,24,25,28)/t11-/m0/s1. The summed E-state index contributed by atoms with van der Waals surface area (Å²) in [6, 6.07) is 6.91. The van der Waals surface area contributed by atoms with Crippen molar-refractivity contribution >= 4 is 22.5 Å². The Labute approximate surface area is 159 Å². The first-order valence-corrected chi connectivity index (χ1v) is 8.92. The number of hydrogen-bond donors (Lipinski definition) is 2. The second-order valence-corrected chi connectivity index (χ2v) is 6.79. The molecule has 0 saturated heterocycles. The van der Waals surface area contributed by atoms with E-state index in [0.717, 1.165) is 17.2 Å². The summed E-state index contributed by atoms with van der Waals surface area (Å²) >= 11 is 0. The number of benzene rings is 2. The Hall–Kier alpha value is -3.29. The van der Waals surface area contributed by atoms with Gasteiger partial charge in [-0.2, -0.15) is 0 Å². The molecule has 144 valence electrons. The van der Waals surface area contributed by atoms with Crippen molar-refractivity contribution in [3.05, 3.63) is 69.8 Å². The van der Waals surface area contributed by atoms with Crippen molar-refractivity contribution in [2.75, 3.05) is 18.4 Å². The van der Waals surface area contributed by atoms with Gasteiger partial charge in [0.1, 0.15) is 11.6 Å². The highest BCUT2D eigenvalue weighted by Gasteiger charge is 2.27. The number of hydrogen-bond acceptors (Lipinski definition) is 4. The van der Waals surface area contributed by atoms with Gasteiger partial charge in [0.2, 0.25) is 5.91 Å². The second kappa shape index (κ2) is 7.03. The van der Waals surface area contributed by atoms with Gasteiger partial charge >= 0.3 is 0 Å². The number of carbonyl (C=O) groups is 1. The van der Waals surface area contributed by atoms with Crippen LogP contribution in [0.5, 0.6) is 0 Å². The van der Waals surface area contributed by atoms with Crippen LogP contribution in [0.2, 0.25) is 0 Å². The van der Waals surface area contributed by atoms with E-state index >= 15 is 0 Å². The third-order valence-corrected chi connectivity index (χ3v) is 5.12. The van der Waals surface area contributed by atoms with E-state index in [1.54, 1.807) is 11.0 Å². The molecule has 0 fully saturated rings. The largest absolute Gasteiger partial charge is 0.374 e. The van der Waals surface area contributed by atoms with Crippen LogP contribution in [0.25, 0.3) is 10.9 Å². The molecule has 1 aliphatic rings. The van der Waals surface area contributed by atoms with Gasteiger partial charge in [-0.25, -0.2) is 13.8 Å². The summed E-state index contributed by atoms with van der Waals surface area (Å²) in [6.45, 7) is 2.25. The van der Waals surface area contributed by atoms with Crippen LogP contribution in [-0.4, -0.2) is 33.9 Å². The predicted molar refractivity (Wildman–Crippen MR) is 101 cm³/mol. The highest BCUT2D eigenvalue weighted by Crippen LogP contribution is 2.30. The Kier molecular flexibility index (Phi) is 4.54. The highest BCUT2D eigenvalue weighted by molar-refractivity contribution is 5.85. The molecule has 0 saturated carbocycles. The number of fused-ring (bicyclic) bond motifs is 2. The van der Waals surface area contributed by atoms with Crippen molar-refractivity contribution in [2.45, 2.75) is 19.4 Å². The van der Waals surface area contributed by atoms with Crippen LogP contribution in [0, 0.1) is 11.6 Å². The quantitative estimate of drug-likeness (QED) is 0.728. The van der Waals surface area contributed by atoms with Crippen LogP contribution >= 0.6 is 0 Å². The summed E-state index contributed by atoms with van der Waals surface area (Å²) in [4.78, 5) is 32.5. The van der Waals surface area contributed by atoms with Gasteiger partial charge in [-0.15, -0.1) is 0 Å². The third-order valence-electron chi connectivity index (χ3n) is 5.12.